The summed E-state index contributed by atoms with van der Waals surface area (Å²) < 4.78 is 2.29. The molecular formula is C5H3I2N. The molecule has 0 radical (unpaired) electrons. The number of rotatable bonds is 0. The average molecular weight is 331 g/mol. The van der Waals surface area contributed by atoms with Gasteiger partial charge in [0, 0.05) is 9.77 Å². The summed E-state index contributed by atoms with van der Waals surface area (Å²) in [5.74, 6) is 0. The molecule has 0 amide bonds. The molecule has 1 rings (SSSR count). The maximum absolute atomic E-state index is 4.06. The van der Waals surface area contributed by atoms with E-state index in [-0.39, 0.29) is 0 Å². The van der Waals surface area contributed by atoms with Crippen LogP contribution in [0.15, 0.2) is 18.3 Å². The summed E-state index contributed by atoms with van der Waals surface area (Å²) in [6, 6.07) is 3.97. The summed E-state index contributed by atoms with van der Waals surface area (Å²) in [4.78, 5) is 4.06. The first-order chi connectivity index (χ1) is 3.80. The zero-order valence-electron chi connectivity index (χ0n) is 3.94. The highest BCUT2D eigenvalue weighted by Crippen LogP contribution is 2.09. The van der Waals surface area contributed by atoms with Gasteiger partial charge in [-0.2, -0.15) is 0 Å². The molecule has 1 heterocycles. The van der Waals surface area contributed by atoms with Crippen molar-refractivity contribution in [2.45, 2.75) is 0 Å². The van der Waals surface area contributed by atoms with Crippen molar-refractivity contribution in [3.05, 3.63) is 25.6 Å². The largest absolute Gasteiger partial charge is 0.249 e. The Morgan fingerprint density at radius 1 is 1.38 bits per heavy atom. The second kappa shape index (κ2) is 2.95. The van der Waals surface area contributed by atoms with Crippen molar-refractivity contribution in [3.8, 4) is 0 Å². The minimum Gasteiger partial charge on any atom is -0.249 e. The van der Waals surface area contributed by atoms with Crippen molar-refractivity contribution in [2.24, 2.45) is 0 Å². The van der Waals surface area contributed by atoms with E-state index in [9.17, 15) is 0 Å². The van der Waals surface area contributed by atoms with Crippen molar-refractivity contribution in [1.29, 1.82) is 0 Å². The Morgan fingerprint density at radius 3 is 2.50 bits per heavy atom. The molecule has 0 aromatic carbocycles. The SMILES string of the molecule is Ic1cccnc1I. The maximum Gasteiger partial charge on any atom is 0.114 e. The lowest BCUT2D eigenvalue weighted by Crippen LogP contribution is -1.80. The van der Waals surface area contributed by atoms with Crippen LogP contribution in [0.2, 0.25) is 0 Å². The predicted molar refractivity (Wildman–Crippen MR) is 49.7 cm³/mol. The number of hydrogen-bond donors (Lipinski definition) is 0. The van der Waals surface area contributed by atoms with Gasteiger partial charge in [-0.15, -0.1) is 0 Å². The summed E-state index contributed by atoms with van der Waals surface area (Å²) in [5.41, 5.74) is 0. The van der Waals surface area contributed by atoms with E-state index in [1.165, 1.54) is 3.57 Å². The summed E-state index contributed by atoms with van der Waals surface area (Å²) >= 11 is 4.46. The number of nitrogens with zero attached hydrogens (tertiary/aromatic N) is 1. The van der Waals surface area contributed by atoms with Gasteiger partial charge < -0.3 is 0 Å². The third-order valence-corrected chi connectivity index (χ3v) is 3.48. The Balaban J connectivity index is 3.13. The van der Waals surface area contributed by atoms with Gasteiger partial charge in [0.25, 0.3) is 0 Å². The number of pyridine rings is 1. The Labute approximate surface area is 75.2 Å². The minimum atomic E-state index is 1.07. The Kier molecular flexibility index (Phi) is 2.48. The second-order valence-corrected chi connectivity index (χ2v) is 3.46. The van der Waals surface area contributed by atoms with Gasteiger partial charge >= 0.3 is 0 Å². The number of aromatic nitrogens is 1. The molecule has 0 saturated heterocycles. The zero-order chi connectivity index (χ0) is 5.98. The standard InChI is InChI=1S/C5H3I2N/c6-4-2-1-3-8-5(4)7/h1-3H. The van der Waals surface area contributed by atoms with E-state index in [1.807, 2.05) is 12.1 Å². The Hall–Kier alpha value is 0.610. The van der Waals surface area contributed by atoms with Crippen molar-refractivity contribution in [3.63, 3.8) is 0 Å². The number of halogens is 2. The molecular weight excluding hydrogens is 328 g/mol. The van der Waals surface area contributed by atoms with Crippen LogP contribution >= 0.6 is 45.2 Å². The van der Waals surface area contributed by atoms with E-state index in [0.717, 1.165) is 3.70 Å². The van der Waals surface area contributed by atoms with Gasteiger partial charge in [0.05, 0.1) is 0 Å². The molecule has 3 heteroatoms. The van der Waals surface area contributed by atoms with Gasteiger partial charge in [0.2, 0.25) is 0 Å². The fraction of sp³-hybridized carbons (Fsp3) is 0. The van der Waals surface area contributed by atoms with E-state index < -0.39 is 0 Å². The molecule has 0 unspecified atom stereocenters. The lowest BCUT2D eigenvalue weighted by molar-refractivity contribution is 1.25. The van der Waals surface area contributed by atoms with Crippen LogP contribution in [0, 0.1) is 7.27 Å². The molecule has 0 aliphatic rings. The predicted octanol–water partition coefficient (Wildman–Crippen LogP) is 2.29. The monoisotopic (exact) mass is 331 g/mol. The first kappa shape index (κ1) is 6.73. The number of hydrogen-bond acceptors (Lipinski definition) is 1. The molecule has 8 heavy (non-hydrogen) atoms. The molecule has 0 bridgehead atoms. The topological polar surface area (TPSA) is 12.9 Å². The van der Waals surface area contributed by atoms with E-state index >= 15 is 0 Å². The van der Waals surface area contributed by atoms with Gasteiger partial charge in [-0.25, -0.2) is 4.98 Å². The van der Waals surface area contributed by atoms with Gasteiger partial charge in [0.15, 0.2) is 0 Å². The van der Waals surface area contributed by atoms with Crippen LogP contribution in [-0.4, -0.2) is 4.98 Å². The summed E-state index contributed by atoms with van der Waals surface area (Å²) in [7, 11) is 0. The minimum absolute atomic E-state index is 1.07. The van der Waals surface area contributed by atoms with E-state index in [4.69, 9.17) is 0 Å². The van der Waals surface area contributed by atoms with Crippen molar-refractivity contribution in [1.82, 2.24) is 4.98 Å². The van der Waals surface area contributed by atoms with Crippen LogP contribution in [0.25, 0.3) is 0 Å². The smallest absolute Gasteiger partial charge is 0.114 e. The van der Waals surface area contributed by atoms with Gasteiger partial charge in [-0.05, 0) is 57.3 Å². The highest BCUT2D eigenvalue weighted by molar-refractivity contribution is 14.1. The molecule has 0 saturated carbocycles. The van der Waals surface area contributed by atoms with Crippen LogP contribution < -0.4 is 0 Å². The normalized spacial score (nSPS) is 9.25. The highest BCUT2D eigenvalue weighted by Gasteiger charge is 1.89. The lowest BCUT2D eigenvalue weighted by atomic mass is 10.5. The summed E-state index contributed by atoms with van der Waals surface area (Å²) in [6.07, 6.45) is 1.80. The van der Waals surface area contributed by atoms with Gasteiger partial charge in [-0.1, -0.05) is 0 Å². The first-order valence-corrected chi connectivity index (χ1v) is 4.22. The van der Waals surface area contributed by atoms with Crippen LogP contribution in [-0.2, 0) is 0 Å². The first-order valence-electron chi connectivity index (χ1n) is 2.07. The highest BCUT2D eigenvalue weighted by atomic mass is 127. The van der Waals surface area contributed by atoms with Crippen LogP contribution in [0.3, 0.4) is 0 Å². The average Bonchev–Trinajstić information content (AvgIpc) is 1.77. The van der Waals surface area contributed by atoms with Gasteiger partial charge in [-0.3, -0.25) is 0 Å². The molecule has 0 N–H and O–H groups in total. The Bertz CT molecular complexity index is 167. The molecule has 1 aromatic rings. The quantitative estimate of drug-likeness (QED) is 0.525. The third-order valence-electron chi connectivity index (χ3n) is 0.714. The van der Waals surface area contributed by atoms with Crippen LogP contribution in [0.4, 0.5) is 0 Å². The molecule has 0 atom stereocenters. The lowest BCUT2D eigenvalue weighted by Gasteiger charge is -1.88. The maximum atomic E-state index is 4.06. The van der Waals surface area contributed by atoms with Crippen LogP contribution in [0.1, 0.15) is 0 Å². The molecule has 0 fully saturated rings. The van der Waals surface area contributed by atoms with Crippen molar-refractivity contribution in [2.75, 3.05) is 0 Å². The van der Waals surface area contributed by atoms with Gasteiger partial charge in [0.1, 0.15) is 3.70 Å². The molecule has 42 valence electrons. The third kappa shape index (κ3) is 1.54. The van der Waals surface area contributed by atoms with E-state index in [1.54, 1.807) is 6.20 Å². The molecule has 0 spiro atoms. The Morgan fingerprint density at radius 2 is 2.12 bits per heavy atom. The van der Waals surface area contributed by atoms with Crippen molar-refractivity contribution < 1.29 is 0 Å². The van der Waals surface area contributed by atoms with E-state index in [0.29, 0.717) is 0 Å². The zero-order valence-corrected chi connectivity index (χ0v) is 8.25. The fourth-order valence-corrected chi connectivity index (χ4v) is 1.05. The van der Waals surface area contributed by atoms with E-state index in [2.05, 4.69) is 50.2 Å². The molecule has 0 aliphatic carbocycles. The second-order valence-electron chi connectivity index (χ2n) is 1.28. The molecule has 0 aliphatic heterocycles. The summed E-state index contributed by atoms with van der Waals surface area (Å²) in [6.45, 7) is 0. The molecule has 1 aromatic heterocycles. The summed E-state index contributed by atoms with van der Waals surface area (Å²) in [5, 5.41) is 0. The molecule has 1 nitrogen and oxygen atoms in total. The van der Waals surface area contributed by atoms with Crippen molar-refractivity contribution >= 4 is 45.2 Å². The van der Waals surface area contributed by atoms with Crippen LogP contribution in [0.5, 0.6) is 0 Å². The fourth-order valence-electron chi connectivity index (χ4n) is 0.366.